The smallest absolute Gasteiger partial charge is 0.321 e. The van der Waals surface area contributed by atoms with E-state index in [1.165, 1.54) is 0 Å². The topological polar surface area (TPSA) is 61.4 Å². The van der Waals surface area contributed by atoms with Crippen LogP contribution in [0.3, 0.4) is 0 Å². The van der Waals surface area contributed by atoms with E-state index >= 15 is 0 Å². The van der Waals surface area contributed by atoms with Crippen LogP contribution < -0.4 is 10.6 Å². The highest BCUT2D eigenvalue weighted by Gasteiger charge is 2.25. The molecule has 1 atom stereocenters. The van der Waals surface area contributed by atoms with Crippen molar-refractivity contribution in [1.82, 2.24) is 15.5 Å². The van der Waals surface area contributed by atoms with Crippen LogP contribution in [0.4, 0.5) is 4.79 Å². The second-order valence-corrected chi connectivity index (χ2v) is 3.16. The fourth-order valence-corrected chi connectivity index (χ4v) is 1.15. The first-order valence-corrected chi connectivity index (χ1v) is 3.83. The van der Waals surface area contributed by atoms with Gasteiger partial charge in [-0.3, -0.25) is 10.1 Å². The molecule has 5 heteroatoms. The summed E-state index contributed by atoms with van der Waals surface area (Å²) in [6, 6.07) is -0.394. The van der Waals surface area contributed by atoms with Crippen molar-refractivity contribution in [2.24, 2.45) is 5.92 Å². The fourth-order valence-electron chi connectivity index (χ4n) is 1.15. The van der Waals surface area contributed by atoms with Crippen LogP contribution in [0, 0.1) is 5.92 Å². The Morgan fingerprint density at radius 1 is 1.50 bits per heavy atom. The number of urea groups is 1. The van der Waals surface area contributed by atoms with Crippen LogP contribution in [0.5, 0.6) is 0 Å². The molecule has 1 heterocycles. The number of imide groups is 1. The van der Waals surface area contributed by atoms with Gasteiger partial charge >= 0.3 is 6.03 Å². The van der Waals surface area contributed by atoms with Crippen LogP contribution in [-0.2, 0) is 4.79 Å². The highest BCUT2D eigenvalue weighted by Crippen LogP contribution is 2.00. The van der Waals surface area contributed by atoms with Crippen LogP contribution in [0.1, 0.15) is 0 Å². The zero-order valence-electron chi connectivity index (χ0n) is 7.26. The monoisotopic (exact) mass is 171 g/mol. The second kappa shape index (κ2) is 3.53. The predicted molar refractivity (Wildman–Crippen MR) is 43.6 cm³/mol. The van der Waals surface area contributed by atoms with E-state index in [9.17, 15) is 9.59 Å². The van der Waals surface area contributed by atoms with Crippen LogP contribution in [0.2, 0.25) is 0 Å². The predicted octanol–water partition coefficient (Wildman–Crippen LogP) is -0.996. The van der Waals surface area contributed by atoms with E-state index in [1.807, 2.05) is 19.0 Å². The summed E-state index contributed by atoms with van der Waals surface area (Å²) < 4.78 is 0. The van der Waals surface area contributed by atoms with Gasteiger partial charge < -0.3 is 10.2 Å². The summed E-state index contributed by atoms with van der Waals surface area (Å²) in [6.07, 6.45) is 0. The molecule has 12 heavy (non-hydrogen) atoms. The van der Waals surface area contributed by atoms with E-state index in [0.29, 0.717) is 13.1 Å². The molecule has 1 aliphatic rings. The molecular weight excluding hydrogens is 158 g/mol. The minimum atomic E-state index is -0.394. The molecule has 3 amide bonds. The van der Waals surface area contributed by atoms with Gasteiger partial charge in [0.05, 0.1) is 5.92 Å². The van der Waals surface area contributed by atoms with Gasteiger partial charge in [0.1, 0.15) is 0 Å². The highest BCUT2D eigenvalue weighted by molar-refractivity contribution is 5.98. The lowest BCUT2D eigenvalue weighted by Crippen LogP contribution is -2.54. The molecule has 0 bridgehead atoms. The Hall–Kier alpha value is -1.10. The zero-order valence-corrected chi connectivity index (χ0v) is 7.26. The SMILES string of the molecule is CN(C)CC1CNC(=O)NC1=O. The highest BCUT2D eigenvalue weighted by atomic mass is 16.2. The van der Waals surface area contributed by atoms with Crippen molar-refractivity contribution < 1.29 is 9.59 Å². The number of carbonyl (C=O) groups excluding carboxylic acids is 2. The lowest BCUT2D eigenvalue weighted by atomic mass is 10.1. The Kier molecular flexibility index (Phi) is 2.65. The average molecular weight is 171 g/mol. The Morgan fingerprint density at radius 2 is 2.17 bits per heavy atom. The number of rotatable bonds is 2. The van der Waals surface area contributed by atoms with E-state index in [0.717, 1.165) is 0 Å². The van der Waals surface area contributed by atoms with Gasteiger partial charge in [0.25, 0.3) is 0 Å². The quantitative estimate of drug-likeness (QED) is 0.560. The Morgan fingerprint density at radius 3 is 2.67 bits per heavy atom. The largest absolute Gasteiger partial charge is 0.337 e. The molecular formula is C7H13N3O2. The maximum Gasteiger partial charge on any atom is 0.321 e. The molecule has 0 radical (unpaired) electrons. The Labute approximate surface area is 71.1 Å². The summed E-state index contributed by atoms with van der Waals surface area (Å²) in [5.74, 6) is -0.315. The van der Waals surface area contributed by atoms with Gasteiger partial charge in [0.2, 0.25) is 5.91 Å². The van der Waals surface area contributed by atoms with Gasteiger partial charge in [0.15, 0.2) is 0 Å². The Balaban J connectivity index is 2.45. The van der Waals surface area contributed by atoms with Crippen LogP contribution in [-0.4, -0.2) is 44.0 Å². The molecule has 0 spiro atoms. The molecule has 0 saturated carbocycles. The maximum absolute atomic E-state index is 11.1. The Bertz CT molecular complexity index is 203. The van der Waals surface area contributed by atoms with Crippen molar-refractivity contribution >= 4 is 11.9 Å². The molecule has 1 unspecified atom stereocenters. The van der Waals surface area contributed by atoms with Gasteiger partial charge in [-0.1, -0.05) is 0 Å². The van der Waals surface area contributed by atoms with E-state index in [1.54, 1.807) is 0 Å². The molecule has 68 valence electrons. The van der Waals surface area contributed by atoms with Crippen molar-refractivity contribution in [3.05, 3.63) is 0 Å². The molecule has 0 aromatic rings. The maximum atomic E-state index is 11.1. The number of hydrogen-bond acceptors (Lipinski definition) is 3. The van der Waals surface area contributed by atoms with E-state index < -0.39 is 6.03 Å². The molecule has 1 fully saturated rings. The number of nitrogens with zero attached hydrogens (tertiary/aromatic N) is 1. The van der Waals surface area contributed by atoms with Crippen molar-refractivity contribution in [3.8, 4) is 0 Å². The molecule has 1 rings (SSSR count). The summed E-state index contributed by atoms with van der Waals surface area (Å²) in [7, 11) is 3.79. The summed E-state index contributed by atoms with van der Waals surface area (Å²) >= 11 is 0. The minimum absolute atomic E-state index is 0.127. The lowest BCUT2D eigenvalue weighted by molar-refractivity contribution is -0.124. The molecule has 0 aromatic heterocycles. The normalized spacial score (nSPS) is 23.8. The van der Waals surface area contributed by atoms with Gasteiger partial charge in [-0.15, -0.1) is 0 Å². The molecule has 1 saturated heterocycles. The third-order valence-corrected chi connectivity index (χ3v) is 1.70. The summed E-state index contributed by atoms with van der Waals surface area (Å²) in [5, 5.41) is 4.79. The lowest BCUT2D eigenvalue weighted by Gasteiger charge is -2.24. The molecule has 2 N–H and O–H groups in total. The second-order valence-electron chi connectivity index (χ2n) is 3.16. The first-order chi connectivity index (χ1) is 5.59. The minimum Gasteiger partial charge on any atom is -0.337 e. The third kappa shape index (κ3) is 2.20. The molecule has 0 aromatic carbocycles. The van der Waals surface area contributed by atoms with Gasteiger partial charge in [-0.05, 0) is 14.1 Å². The molecule has 1 aliphatic heterocycles. The van der Waals surface area contributed by atoms with E-state index in [2.05, 4.69) is 10.6 Å². The first-order valence-electron chi connectivity index (χ1n) is 3.83. The van der Waals surface area contributed by atoms with Crippen LogP contribution in [0.25, 0.3) is 0 Å². The molecule has 0 aliphatic carbocycles. The van der Waals surface area contributed by atoms with Crippen molar-refractivity contribution in [2.45, 2.75) is 0 Å². The summed E-state index contributed by atoms with van der Waals surface area (Å²) in [4.78, 5) is 23.7. The molecule has 5 nitrogen and oxygen atoms in total. The summed E-state index contributed by atoms with van der Waals surface area (Å²) in [6.45, 7) is 1.09. The van der Waals surface area contributed by atoms with Crippen LogP contribution >= 0.6 is 0 Å². The zero-order chi connectivity index (χ0) is 9.14. The number of amides is 3. The average Bonchev–Trinajstić information content (AvgIpc) is 1.94. The van der Waals surface area contributed by atoms with Gasteiger partial charge in [-0.2, -0.15) is 0 Å². The summed E-state index contributed by atoms with van der Waals surface area (Å²) in [5.41, 5.74) is 0. The van der Waals surface area contributed by atoms with Gasteiger partial charge in [0, 0.05) is 13.1 Å². The third-order valence-electron chi connectivity index (χ3n) is 1.70. The van der Waals surface area contributed by atoms with Crippen molar-refractivity contribution in [2.75, 3.05) is 27.2 Å². The standard InChI is InChI=1S/C7H13N3O2/c1-10(2)4-5-3-8-7(12)9-6(5)11/h5H,3-4H2,1-2H3,(H2,8,9,11,12). The number of hydrogen-bond donors (Lipinski definition) is 2. The van der Waals surface area contributed by atoms with Crippen LogP contribution in [0.15, 0.2) is 0 Å². The van der Waals surface area contributed by atoms with Gasteiger partial charge in [-0.25, -0.2) is 4.79 Å². The van der Waals surface area contributed by atoms with Crippen molar-refractivity contribution in [3.63, 3.8) is 0 Å². The van der Waals surface area contributed by atoms with Crippen molar-refractivity contribution in [1.29, 1.82) is 0 Å². The van der Waals surface area contributed by atoms with E-state index in [-0.39, 0.29) is 11.8 Å². The number of nitrogens with one attached hydrogen (secondary N) is 2. The number of carbonyl (C=O) groups is 2. The fraction of sp³-hybridized carbons (Fsp3) is 0.714. The first kappa shape index (κ1) is 8.99. The van der Waals surface area contributed by atoms with E-state index in [4.69, 9.17) is 0 Å².